The van der Waals surface area contributed by atoms with Crippen LogP contribution in [0, 0.1) is 5.92 Å². The topological polar surface area (TPSA) is 44.7 Å². The quantitative estimate of drug-likeness (QED) is 0.868. The zero-order chi connectivity index (χ0) is 14.5. The molecule has 0 spiro atoms. The monoisotopic (exact) mass is 278 g/mol. The molecule has 1 saturated heterocycles. The van der Waals surface area contributed by atoms with Gasteiger partial charge in [0.15, 0.2) is 0 Å². The molecule has 2 rings (SSSR count). The van der Waals surface area contributed by atoms with Crippen LogP contribution in [-0.4, -0.2) is 43.3 Å². The van der Waals surface area contributed by atoms with Crippen molar-refractivity contribution in [3.8, 4) is 11.5 Å². The highest BCUT2D eigenvalue weighted by Crippen LogP contribution is 2.35. The number of nitrogens with zero attached hydrogens (tertiary/aromatic N) is 1. The molecule has 1 fully saturated rings. The van der Waals surface area contributed by atoms with Crippen LogP contribution in [0.2, 0.25) is 0 Å². The smallest absolute Gasteiger partial charge is 0.124 e. The Hall–Kier alpha value is -1.26. The lowest BCUT2D eigenvalue weighted by Gasteiger charge is -2.36. The number of aromatic hydroxyl groups is 1. The van der Waals surface area contributed by atoms with Crippen LogP contribution in [0.3, 0.4) is 0 Å². The fourth-order valence-corrected chi connectivity index (χ4v) is 2.85. The second-order valence-electron chi connectivity index (χ2n) is 5.86. The lowest BCUT2D eigenvalue weighted by atomic mass is 9.94. The maximum absolute atomic E-state index is 10.3. The van der Waals surface area contributed by atoms with Crippen LogP contribution < -0.4 is 10.1 Å². The molecule has 4 heteroatoms. The van der Waals surface area contributed by atoms with Crippen molar-refractivity contribution in [2.45, 2.75) is 26.3 Å². The Kier molecular flexibility index (Phi) is 5.26. The maximum atomic E-state index is 10.3. The summed E-state index contributed by atoms with van der Waals surface area (Å²) in [5.41, 5.74) is 1.02. The number of methoxy groups -OCH3 is 1. The van der Waals surface area contributed by atoms with Gasteiger partial charge in [0.1, 0.15) is 11.5 Å². The average molecular weight is 278 g/mol. The first-order chi connectivity index (χ1) is 9.61. The molecular weight excluding hydrogens is 252 g/mol. The number of phenolic OH excluding ortho intramolecular Hbond substituents is 1. The maximum Gasteiger partial charge on any atom is 0.124 e. The van der Waals surface area contributed by atoms with E-state index >= 15 is 0 Å². The van der Waals surface area contributed by atoms with E-state index in [0.717, 1.165) is 38.2 Å². The second-order valence-corrected chi connectivity index (χ2v) is 5.86. The number of hydrogen-bond acceptors (Lipinski definition) is 4. The molecule has 0 amide bonds. The molecule has 1 aromatic rings. The molecule has 2 N–H and O–H groups in total. The summed E-state index contributed by atoms with van der Waals surface area (Å²) in [6, 6.07) is 5.93. The molecule has 0 unspecified atom stereocenters. The van der Waals surface area contributed by atoms with Crippen molar-refractivity contribution in [2.75, 3.05) is 33.3 Å². The van der Waals surface area contributed by atoms with E-state index in [9.17, 15) is 5.11 Å². The Morgan fingerprint density at radius 3 is 2.55 bits per heavy atom. The summed E-state index contributed by atoms with van der Waals surface area (Å²) < 4.78 is 5.17. The Morgan fingerprint density at radius 2 is 2.00 bits per heavy atom. The normalized spacial score (nSPS) is 18.2. The minimum absolute atomic E-state index is 0.281. The molecule has 1 aromatic carbocycles. The summed E-state index contributed by atoms with van der Waals surface area (Å²) >= 11 is 0. The highest BCUT2D eigenvalue weighted by molar-refractivity contribution is 5.41. The largest absolute Gasteiger partial charge is 0.507 e. The van der Waals surface area contributed by atoms with E-state index in [0.29, 0.717) is 17.4 Å². The van der Waals surface area contributed by atoms with Gasteiger partial charge in [0.2, 0.25) is 0 Å². The molecule has 1 heterocycles. The van der Waals surface area contributed by atoms with Gasteiger partial charge in [-0.3, -0.25) is 4.90 Å². The van der Waals surface area contributed by atoms with Crippen molar-refractivity contribution in [3.63, 3.8) is 0 Å². The minimum Gasteiger partial charge on any atom is -0.507 e. The highest BCUT2D eigenvalue weighted by atomic mass is 16.5. The zero-order valence-corrected chi connectivity index (χ0v) is 12.7. The van der Waals surface area contributed by atoms with Gasteiger partial charge in [0, 0.05) is 43.9 Å². The summed E-state index contributed by atoms with van der Waals surface area (Å²) in [5, 5.41) is 13.7. The van der Waals surface area contributed by atoms with Crippen LogP contribution in [-0.2, 0) is 0 Å². The molecule has 0 radical (unpaired) electrons. The van der Waals surface area contributed by atoms with E-state index in [1.807, 2.05) is 12.1 Å². The third-order valence-corrected chi connectivity index (χ3v) is 3.88. The molecule has 1 aliphatic rings. The van der Waals surface area contributed by atoms with E-state index in [4.69, 9.17) is 4.74 Å². The minimum atomic E-state index is 0.281. The number of nitrogens with one attached hydrogen (secondary N) is 1. The van der Waals surface area contributed by atoms with E-state index in [1.165, 1.54) is 0 Å². The van der Waals surface area contributed by atoms with Gasteiger partial charge < -0.3 is 15.2 Å². The third-order valence-electron chi connectivity index (χ3n) is 3.88. The number of rotatable bonds is 5. The average Bonchev–Trinajstić information content (AvgIpc) is 2.45. The summed E-state index contributed by atoms with van der Waals surface area (Å²) in [4.78, 5) is 2.47. The van der Waals surface area contributed by atoms with E-state index < -0.39 is 0 Å². The molecule has 0 aromatic heterocycles. The van der Waals surface area contributed by atoms with Crippen molar-refractivity contribution < 1.29 is 9.84 Å². The summed E-state index contributed by atoms with van der Waals surface area (Å²) in [7, 11) is 1.62. The molecule has 4 nitrogen and oxygen atoms in total. The lowest BCUT2D eigenvalue weighted by molar-refractivity contribution is 0.151. The predicted molar refractivity (Wildman–Crippen MR) is 81.3 cm³/mol. The Balaban J connectivity index is 2.25. The van der Waals surface area contributed by atoms with Gasteiger partial charge in [0.25, 0.3) is 0 Å². The van der Waals surface area contributed by atoms with E-state index in [1.54, 1.807) is 13.2 Å². The van der Waals surface area contributed by atoms with Gasteiger partial charge in [-0.15, -0.1) is 0 Å². The van der Waals surface area contributed by atoms with Gasteiger partial charge in [-0.05, 0) is 18.4 Å². The van der Waals surface area contributed by atoms with Crippen LogP contribution in [0.1, 0.15) is 31.9 Å². The zero-order valence-electron chi connectivity index (χ0n) is 12.7. The SMILES string of the molecule is COc1ccc([C@H](CC(C)C)N2CCNCC2)c(O)c1. The van der Waals surface area contributed by atoms with Crippen molar-refractivity contribution >= 4 is 0 Å². The fourth-order valence-electron chi connectivity index (χ4n) is 2.85. The van der Waals surface area contributed by atoms with Crippen LogP contribution in [0.5, 0.6) is 11.5 Å². The van der Waals surface area contributed by atoms with Crippen LogP contribution in [0.25, 0.3) is 0 Å². The van der Waals surface area contributed by atoms with Crippen molar-refractivity contribution in [1.82, 2.24) is 10.2 Å². The third kappa shape index (κ3) is 3.64. The number of piperazine rings is 1. The molecule has 0 saturated carbocycles. The number of phenols is 1. The van der Waals surface area contributed by atoms with E-state index in [2.05, 4.69) is 24.1 Å². The van der Waals surface area contributed by atoms with Crippen molar-refractivity contribution in [2.24, 2.45) is 5.92 Å². The highest BCUT2D eigenvalue weighted by Gasteiger charge is 2.25. The van der Waals surface area contributed by atoms with Gasteiger partial charge >= 0.3 is 0 Å². The van der Waals surface area contributed by atoms with Crippen molar-refractivity contribution in [1.29, 1.82) is 0 Å². The molecule has 1 aliphatic heterocycles. The van der Waals surface area contributed by atoms with Crippen LogP contribution in [0.15, 0.2) is 18.2 Å². The molecule has 1 atom stereocenters. The van der Waals surface area contributed by atoms with Gasteiger partial charge in [-0.1, -0.05) is 19.9 Å². The standard InChI is InChI=1S/C16H26N2O2/c1-12(2)10-15(18-8-6-17-7-9-18)14-5-4-13(20-3)11-16(14)19/h4-5,11-12,15,17,19H,6-10H2,1-3H3/t15-/m0/s1. The summed E-state index contributed by atoms with van der Waals surface area (Å²) in [6.07, 6.45) is 1.06. The van der Waals surface area contributed by atoms with Crippen LogP contribution in [0.4, 0.5) is 0 Å². The molecular formula is C16H26N2O2. The summed E-state index contributed by atoms with van der Waals surface area (Å²) in [6.45, 7) is 8.56. The molecule has 112 valence electrons. The van der Waals surface area contributed by atoms with Gasteiger partial charge in [0.05, 0.1) is 7.11 Å². The van der Waals surface area contributed by atoms with Gasteiger partial charge in [-0.25, -0.2) is 0 Å². The number of ether oxygens (including phenoxy) is 1. The van der Waals surface area contributed by atoms with E-state index in [-0.39, 0.29) is 6.04 Å². The van der Waals surface area contributed by atoms with Gasteiger partial charge in [-0.2, -0.15) is 0 Å². The lowest BCUT2D eigenvalue weighted by Crippen LogP contribution is -2.45. The summed E-state index contributed by atoms with van der Waals surface area (Å²) in [5.74, 6) is 1.64. The Morgan fingerprint density at radius 1 is 1.30 bits per heavy atom. The van der Waals surface area contributed by atoms with Crippen molar-refractivity contribution in [3.05, 3.63) is 23.8 Å². The predicted octanol–water partition coefficient (Wildman–Crippen LogP) is 2.39. The molecule has 0 aliphatic carbocycles. The first-order valence-corrected chi connectivity index (χ1v) is 7.43. The Bertz CT molecular complexity index is 428. The second kappa shape index (κ2) is 6.95. The van der Waals surface area contributed by atoms with Crippen LogP contribution >= 0.6 is 0 Å². The fraction of sp³-hybridized carbons (Fsp3) is 0.625. The Labute approximate surface area is 121 Å². The first-order valence-electron chi connectivity index (χ1n) is 7.43. The molecule has 20 heavy (non-hydrogen) atoms. The first kappa shape index (κ1) is 15.1. The number of hydrogen-bond donors (Lipinski definition) is 2. The molecule has 0 bridgehead atoms. The number of benzene rings is 1.